The lowest BCUT2D eigenvalue weighted by molar-refractivity contribution is -0.137. The van der Waals surface area contributed by atoms with E-state index in [-0.39, 0.29) is 29.6 Å². The molecule has 7 nitrogen and oxygen atoms in total. The van der Waals surface area contributed by atoms with E-state index in [4.69, 9.17) is 7.90 Å². The van der Waals surface area contributed by atoms with Crippen LogP contribution in [0, 0.1) is 33.5 Å². The van der Waals surface area contributed by atoms with Gasteiger partial charge in [-0.15, -0.1) is 4.91 Å². The third-order valence-corrected chi connectivity index (χ3v) is 4.48. The highest BCUT2D eigenvalue weighted by molar-refractivity contribution is 14.1. The number of carbonyl (C=O) groups is 1. The average Bonchev–Trinajstić information content (AvgIpc) is 2.51. The number of nitroso groups, excluding NO2 is 1. The molecule has 0 amide bonds. The molecule has 126 valence electrons. The van der Waals surface area contributed by atoms with Crippen molar-refractivity contribution >= 4 is 29.0 Å². The Morgan fingerprint density at radius 2 is 1.64 bits per heavy atom. The first kappa shape index (κ1) is 20.9. The second kappa shape index (κ2) is 10.6. The predicted octanol–water partition coefficient (Wildman–Crippen LogP) is 4.20. The lowest BCUT2D eigenvalue weighted by Crippen LogP contribution is -2.30. The molecule has 0 bridgehead atoms. The fourth-order valence-electron chi connectivity index (χ4n) is 2.01. The van der Waals surface area contributed by atoms with Crippen molar-refractivity contribution in [3.63, 3.8) is 0 Å². The van der Waals surface area contributed by atoms with Crippen LogP contribution in [0.25, 0.3) is 0 Å². The van der Waals surface area contributed by atoms with E-state index in [0.717, 1.165) is 0 Å². The maximum atomic E-state index is 11.6. The van der Waals surface area contributed by atoms with Gasteiger partial charge in [-0.05, 0) is 23.8 Å². The van der Waals surface area contributed by atoms with E-state index >= 15 is 0 Å². The molecule has 0 aromatic rings. The number of halogens is 1. The van der Waals surface area contributed by atoms with E-state index in [2.05, 4.69) is 10.5 Å². The van der Waals surface area contributed by atoms with Crippen molar-refractivity contribution < 1.29 is 12.7 Å². The molecule has 0 aliphatic heterocycles. The number of nitrogens with zero attached hydrogens (tertiary/aromatic N) is 2. The van der Waals surface area contributed by atoms with E-state index in [0.29, 0.717) is 0 Å². The van der Waals surface area contributed by atoms with Crippen LogP contribution in [-0.2, 0) is 12.7 Å². The highest BCUT2D eigenvalue weighted by Gasteiger charge is 2.30. The van der Waals surface area contributed by atoms with Gasteiger partial charge in [0, 0.05) is 0 Å². The van der Waals surface area contributed by atoms with Crippen LogP contribution in [0.4, 0.5) is 0 Å². The summed E-state index contributed by atoms with van der Waals surface area (Å²) in [7, 11) is 0. The molecule has 0 rings (SSSR count). The molecule has 0 N–H and O–H groups in total. The first-order valence-corrected chi connectivity index (χ1v) is 7.99. The fraction of sp³-hybridized carbons (Fsp3) is 0.786. The van der Waals surface area contributed by atoms with Gasteiger partial charge in [-0.25, -0.2) is 0 Å². The molecule has 0 aliphatic carbocycles. The molecule has 0 saturated heterocycles. The van der Waals surface area contributed by atoms with Gasteiger partial charge < -0.3 is 7.90 Å². The van der Waals surface area contributed by atoms with Crippen molar-refractivity contribution in [2.24, 2.45) is 34.2 Å². The molecular weight excluding hydrogens is 403 g/mol. The Hall–Kier alpha value is -1.06. The van der Waals surface area contributed by atoms with Crippen molar-refractivity contribution in [2.45, 2.75) is 46.8 Å². The molecule has 8 heteroatoms. The van der Waals surface area contributed by atoms with Crippen molar-refractivity contribution in [1.82, 2.24) is 0 Å². The molecule has 0 aromatic heterocycles. The van der Waals surface area contributed by atoms with Crippen LogP contribution in [0.3, 0.4) is 0 Å². The average molecular weight is 426 g/mol. The normalized spacial score (nSPS) is 18.3. The Kier molecular flexibility index (Phi) is 10.1. The predicted molar refractivity (Wildman–Crippen MR) is 91.8 cm³/mol. The lowest BCUT2D eigenvalue weighted by Gasteiger charge is -2.26. The standard InChI is InChI=1S/C14H23IN2O5/c1-8(2)13(22-17-20)7-6-12(16-19)10(4)9(3)11(5)14(18)21-15/h6-13H,1-5H3/b7-6+. The van der Waals surface area contributed by atoms with Gasteiger partial charge in [0.2, 0.25) is 0 Å². The number of hydrogen-bond donors (Lipinski definition) is 0. The quantitative estimate of drug-likeness (QED) is 0.226. The largest absolute Gasteiger partial charge is 0.394 e. The number of carbonyl (C=O) groups excluding carboxylic acids is 1. The first-order chi connectivity index (χ1) is 10.3. The van der Waals surface area contributed by atoms with E-state index in [1.807, 2.05) is 27.7 Å². The summed E-state index contributed by atoms with van der Waals surface area (Å²) in [5, 5.41) is 5.54. The second-order valence-corrected chi connectivity index (χ2v) is 6.21. The van der Waals surface area contributed by atoms with E-state index in [1.54, 1.807) is 42.1 Å². The molecule has 5 unspecified atom stereocenters. The molecule has 0 radical (unpaired) electrons. The van der Waals surface area contributed by atoms with Gasteiger partial charge >= 0.3 is 5.97 Å². The zero-order valence-corrected chi connectivity index (χ0v) is 15.6. The van der Waals surface area contributed by atoms with Gasteiger partial charge in [-0.2, -0.15) is 4.91 Å². The summed E-state index contributed by atoms with van der Waals surface area (Å²) in [5.41, 5.74) is 0. The monoisotopic (exact) mass is 426 g/mol. The maximum absolute atomic E-state index is 11.6. The van der Waals surface area contributed by atoms with Crippen LogP contribution in [0.5, 0.6) is 0 Å². The van der Waals surface area contributed by atoms with Crippen LogP contribution in [-0.4, -0.2) is 18.1 Å². The Morgan fingerprint density at radius 1 is 1.05 bits per heavy atom. The third kappa shape index (κ3) is 6.37. The van der Waals surface area contributed by atoms with Crippen molar-refractivity contribution in [1.29, 1.82) is 0 Å². The van der Waals surface area contributed by atoms with Crippen molar-refractivity contribution in [3.05, 3.63) is 22.0 Å². The van der Waals surface area contributed by atoms with Gasteiger partial charge in [0.1, 0.15) is 6.04 Å². The van der Waals surface area contributed by atoms with E-state index in [1.165, 1.54) is 0 Å². The minimum absolute atomic E-state index is 0.0295. The summed E-state index contributed by atoms with van der Waals surface area (Å²) in [4.78, 5) is 37.6. The van der Waals surface area contributed by atoms with Gasteiger partial charge in [0.05, 0.1) is 5.92 Å². The Morgan fingerprint density at radius 3 is 2.05 bits per heavy atom. The van der Waals surface area contributed by atoms with Crippen LogP contribution >= 0.6 is 23.0 Å². The minimum atomic E-state index is -0.629. The molecule has 0 saturated carbocycles. The van der Waals surface area contributed by atoms with E-state index < -0.39 is 12.1 Å². The SMILES string of the molecule is CC(C)C(/C=C/C(N=O)C(C)C(C)C(C)C(=O)OI)ON=O. The molecular formula is C14H23IN2O5. The van der Waals surface area contributed by atoms with Crippen molar-refractivity contribution in [3.8, 4) is 0 Å². The number of hydrogen-bond acceptors (Lipinski definition) is 7. The Balaban J connectivity index is 4.97. The van der Waals surface area contributed by atoms with Crippen LogP contribution in [0.1, 0.15) is 34.6 Å². The molecule has 22 heavy (non-hydrogen) atoms. The van der Waals surface area contributed by atoms with Gasteiger partial charge in [-0.1, -0.05) is 45.9 Å². The van der Waals surface area contributed by atoms with Crippen LogP contribution in [0.15, 0.2) is 22.7 Å². The summed E-state index contributed by atoms with van der Waals surface area (Å²) in [6.45, 7) is 9.21. The maximum Gasteiger partial charge on any atom is 0.318 e. The number of rotatable bonds is 10. The first-order valence-electron chi connectivity index (χ1n) is 7.11. The fourth-order valence-corrected chi connectivity index (χ4v) is 2.41. The van der Waals surface area contributed by atoms with E-state index in [9.17, 15) is 14.6 Å². The smallest absolute Gasteiger partial charge is 0.318 e. The highest BCUT2D eigenvalue weighted by Crippen LogP contribution is 2.27. The summed E-state index contributed by atoms with van der Waals surface area (Å²) < 4.78 is 4.70. The van der Waals surface area contributed by atoms with Crippen LogP contribution in [0.2, 0.25) is 0 Å². The summed E-state index contributed by atoms with van der Waals surface area (Å²) >= 11 is 1.55. The third-order valence-electron chi connectivity index (χ3n) is 4.05. The van der Waals surface area contributed by atoms with Gasteiger partial charge in [-0.3, -0.25) is 4.79 Å². The molecule has 0 aromatic carbocycles. The summed E-state index contributed by atoms with van der Waals surface area (Å²) in [6.07, 6.45) is 2.70. The summed E-state index contributed by atoms with van der Waals surface area (Å²) in [5.74, 6) is -0.921. The molecule has 0 fully saturated rings. The zero-order chi connectivity index (χ0) is 17.3. The second-order valence-electron chi connectivity index (χ2n) is 5.77. The van der Waals surface area contributed by atoms with Gasteiger partial charge in [0.15, 0.2) is 34.4 Å². The topological polar surface area (TPSA) is 94.4 Å². The van der Waals surface area contributed by atoms with Gasteiger partial charge in [0.25, 0.3) is 0 Å². The zero-order valence-electron chi connectivity index (χ0n) is 13.4. The molecule has 5 atom stereocenters. The lowest BCUT2D eigenvalue weighted by atomic mass is 9.81. The Bertz CT molecular complexity index is 403. The Labute approximate surface area is 144 Å². The molecule has 0 heterocycles. The highest BCUT2D eigenvalue weighted by atomic mass is 127. The van der Waals surface area contributed by atoms with Crippen molar-refractivity contribution in [2.75, 3.05) is 0 Å². The minimum Gasteiger partial charge on any atom is -0.394 e. The molecule has 0 spiro atoms. The summed E-state index contributed by atoms with van der Waals surface area (Å²) in [6, 6.07) is -0.629. The van der Waals surface area contributed by atoms with Crippen LogP contribution < -0.4 is 0 Å². The molecule has 0 aliphatic rings.